The maximum atomic E-state index is 11.7. The highest BCUT2D eigenvalue weighted by molar-refractivity contribution is 5.84. The highest BCUT2D eigenvalue weighted by Gasteiger charge is 2.02. The van der Waals surface area contributed by atoms with Crippen molar-refractivity contribution in [2.24, 2.45) is 5.10 Å². The number of hydrazone groups is 1. The fraction of sp³-hybridized carbons (Fsp3) is 0.235. The zero-order chi connectivity index (χ0) is 15.8. The van der Waals surface area contributed by atoms with Gasteiger partial charge in [0, 0.05) is 18.1 Å². The topological polar surface area (TPSA) is 66.4 Å². The number of hydrogen-bond acceptors (Lipinski definition) is 4. The average molecular weight is 296 g/mol. The first-order valence-electron chi connectivity index (χ1n) is 7.21. The molecule has 22 heavy (non-hydrogen) atoms. The highest BCUT2D eigenvalue weighted by atomic mass is 16.2. The normalized spacial score (nSPS) is 10.9. The van der Waals surface area contributed by atoms with E-state index >= 15 is 0 Å². The first-order valence-corrected chi connectivity index (χ1v) is 7.21. The molecule has 2 aromatic rings. The Morgan fingerprint density at radius 1 is 1.27 bits per heavy atom. The third-order valence-electron chi connectivity index (χ3n) is 3.12. The van der Waals surface area contributed by atoms with Crippen molar-refractivity contribution in [1.29, 1.82) is 0 Å². The van der Waals surface area contributed by atoms with Crippen molar-refractivity contribution in [2.45, 2.75) is 19.8 Å². The standard InChI is InChI=1S/C17H20N4O/c1-13(2)15-4-3-5-16(10-15)19-12-17(22)21-20-11-14-6-8-18-9-7-14/h3-11,13,19H,12H2,1-2H3,(H,21,22)/b20-11+. The smallest absolute Gasteiger partial charge is 0.259 e. The summed E-state index contributed by atoms with van der Waals surface area (Å²) in [5.41, 5.74) is 5.54. The van der Waals surface area contributed by atoms with Crippen LogP contribution in [0.3, 0.4) is 0 Å². The number of hydrogen-bond donors (Lipinski definition) is 2. The van der Waals surface area contributed by atoms with E-state index in [0.29, 0.717) is 5.92 Å². The molecule has 5 nitrogen and oxygen atoms in total. The number of amides is 1. The Kier molecular flexibility index (Phi) is 5.65. The lowest BCUT2D eigenvalue weighted by Crippen LogP contribution is -2.25. The minimum Gasteiger partial charge on any atom is -0.376 e. The molecular formula is C17H20N4O. The molecule has 0 aliphatic carbocycles. The minimum absolute atomic E-state index is 0.176. The van der Waals surface area contributed by atoms with Crippen LogP contribution in [0.5, 0.6) is 0 Å². The first kappa shape index (κ1) is 15.7. The van der Waals surface area contributed by atoms with Gasteiger partial charge < -0.3 is 5.32 Å². The van der Waals surface area contributed by atoms with Gasteiger partial charge in [-0.2, -0.15) is 5.10 Å². The molecule has 0 aliphatic rings. The van der Waals surface area contributed by atoms with Crippen molar-refractivity contribution >= 4 is 17.8 Å². The summed E-state index contributed by atoms with van der Waals surface area (Å²) in [6.45, 7) is 4.45. The lowest BCUT2D eigenvalue weighted by molar-refractivity contribution is -0.119. The van der Waals surface area contributed by atoms with Gasteiger partial charge in [-0.25, -0.2) is 5.43 Å². The van der Waals surface area contributed by atoms with Crippen molar-refractivity contribution in [3.63, 3.8) is 0 Å². The van der Waals surface area contributed by atoms with E-state index in [0.717, 1.165) is 11.3 Å². The van der Waals surface area contributed by atoms with E-state index in [1.165, 1.54) is 5.56 Å². The van der Waals surface area contributed by atoms with Gasteiger partial charge in [-0.1, -0.05) is 26.0 Å². The van der Waals surface area contributed by atoms with Crippen LogP contribution in [0, 0.1) is 0 Å². The van der Waals surface area contributed by atoms with Gasteiger partial charge in [0.05, 0.1) is 12.8 Å². The highest BCUT2D eigenvalue weighted by Crippen LogP contribution is 2.18. The molecule has 2 rings (SSSR count). The fourth-order valence-corrected chi connectivity index (χ4v) is 1.86. The summed E-state index contributed by atoms with van der Waals surface area (Å²) in [7, 11) is 0. The number of pyridine rings is 1. The third-order valence-corrected chi connectivity index (χ3v) is 3.12. The van der Waals surface area contributed by atoms with E-state index in [1.54, 1.807) is 18.6 Å². The summed E-state index contributed by atoms with van der Waals surface area (Å²) in [6, 6.07) is 11.7. The number of aromatic nitrogens is 1. The van der Waals surface area contributed by atoms with Crippen molar-refractivity contribution in [3.8, 4) is 0 Å². The molecule has 0 saturated carbocycles. The summed E-state index contributed by atoms with van der Waals surface area (Å²) in [5, 5.41) is 7.00. The quantitative estimate of drug-likeness (QED) is 0.636. The van der Waals surface area contributed by atoms with Crippen molar-refractivity contribution in [1.82, 2.24) is 10.4 Å². The summed E-state index contributed by atoms with van der Waals surface area (Å²) < 4.78 is 0. The van der Waals surface area contributed by atoms with Crippen LogP contribution >= 0.6 is 0 Å². The van der Waals surface area contributed by atoms with Gasteiger partial charge in [0.15, 0.2) is 0 Å². The van der Waals surface area contributed by atoms with Crippen LogP contribution in [-0.2, 0) is 4.79 Å². The summed E-state index contributed by atoms with van der Waals surface area (Å²) in [4.78, 5) is 15.6. The van der Waals surface area contributed by atoms with Crippen LogP contribution in [0.25, 0.3) is 0 Å². The molecule has 0 aliphatic heterocycles. The Hall–Kier alpha value is -2.69. The molecule has 0 atom stereocenters. The lowest BCUT2D eigenvalue weighted by atomic mass is 10.0. The SMILES string of the molecule is CC(C)c1cccc(NCC(=O)N/N=C/c2ccncc2)c1. The molecule has 0 unspecified atom stereocenters. The molecule has 114 valence electrons. The Labute approximate surface area is 130 Å². The van der Waals surface area contributed by atoms with Crippen LogP contribution in [0.15, 0.2) is 53.9 Å². The fourth-order valence-electron chi connectivity index (χ4n) is 1.86. The van der Waals surface area contributed by atoms with Gasteiger partial charge in [0.1, 0.15) is 0 Å². The van der Waals surface area contributed by atoms with Gasteiger partial charge in [-0.05, 0) is 41.3 Å². The van der Waals surface area contributed by atoms with Crippen molar-refractivity contribution in [2.75, 3.05) is 11.9 Å². The predicted molar refractivity (Wildman–Crippen MR) is 89.0 cm³/mol. The number of anilines is 1. The zero-order valence-corrected chi connectivity index (χ0v) is 12.8. The van der Waals surface area contributed by atoms with Crippen LogP contribution in [-0.4, -0.2) is 23.7 Å². The predicted octanol–water partition coefficient (Wildman–Crippen LogP) is 2.77. The molecule has 0 bridgehead atoms. The second-order valence-corrected chi connectivity index (χ2v) is 5.21. The number of carbonyl (C=O) groups is 1. The minimum atomic E-state index is -0.194. The van der Waals surface area contributed by atoms with Crippen LogP contribution in [0.2, 0.25) is 0 Å². The van der Waals surface area contributed by atoms with Crippen molar-refractivity contribution < 1.29 is 4.79 Å². The van der Waals surface area contributed by atoms with E-state index < -0.39 is 0 Å². The molecule has 1 amide bonds. The number of nitrogens with zero attached hydrogens (tertiary/aromatic N) is 2. The lowest BCUT2D eigenvalue weighted by Gasteiger charge is -2.09. The Morgan fingerprint density at radius 3 is 2.77 bits per heavy atom. The molecule has 2 N–H and O–H groups in total. The van der Waals surface area contributed by atoms with E-state index in [9.17, 15) is 4.79 Å². The summed E-state index contributed by atoms with van der Waals surface area (Å²) >= 11 is 0. The van der Waals surface area contributed by atoms with Gasteiger partial charge in [0.2, 0.25) is 0 Å². The number of carbonyl (C=O) groups excluding carboxylic acids is 1. The number of rotatable bonds is 6. The van der Waals surface area contributed by atoms with Crippen LogP contribution in [0.1, 0.15) is 30.9 Å². The molecule has 0 fully saturated rings. The Balaban J connectivity index is 1.80. The van der Waals surface area contributed by atoms with Crippen molar-refractivity contribution in [3.05, 3.63) is 59.9 Å². The maximum absolute atomic E-state index is 11.7. The summed E-state index contributed by atoms with van der Waals surface area (Å²) in [6.07, 6.45) is 4.93. The number of nitrogens with one attached hydrogen (secondary N) is 2. The first-order chi connectivity index (χ1) is 10.6. The van der Waals surface area contributed by atoms with Gasteiger partial charge in [-0.3, -0.25) is 9.78 Å². The summed E-state index contributed by atoms with van der Waals surface area (Å²) in [5.74, 6) is 0.265. The van der Waals surface area contributed by atoms with E-state index in [-0.39, 0.29) is 12.5 Å². The molecule has 1 aromatic carbocycles. The Bertz CT molecular complexity index is 638. The second kappa shape index (κ2) is 7.93. The van der Waals surface area contributed by atoms with E-state index in [4.69, 9.17) is 0 Å². The van der Waals surface area contributed by atoms with Crippen LogP contribution < -0.4 is 10.7 Å². The monoisotopic (exact) mass is 296 g/mol. The molecule has 1 aromatic heterocycles. The van der Waals surface area contributed by atoms with Gasteiger partial charge in [-0.15, -0.1) is 0 Å². The number of benzene rings is 1. The molecule has 0 saturated heterocycles. The van der Waals surface area contributed by atoms with Gasteiger partial charge >= 0.3 is 0 Å². The molecular weight excluding hydrogens is 276 g/mol. The Morgan fingerprint density at radius 2 is 2.05 bits per heavy atom. The maximum Gasteiger partial charge on any atom is 0.259 e. The molecule has 0 radical (unpaired) electrons. The van der Waals surface area contributed by atoms with E-state index in [1.807, 2.05) is 24.3 Å². The third kappa shape index (κ3) is 5.01. The van der Waals surface area contributed by atoms with Crippen LogP contribution in [0.4, 0.5) is 5.69 Å². The largest absolute Gasteiger partial charge is 0.376 e. The molecule has 0 spiro atoms. The molecule has 1 heterocycles. The van der Waals surface area contributed by atoms with E-state index in [2.05, 4.69) is 46.8 Å². The van der Waals surface area contributed by atoms with Gasteiger partial charge in [0.25, 0.3) is 5.91 Å². The zero-order valence-electron chi connectivity index (χ0n) is 12.8. The average Bonchev–Trinajstić information content (AvgIpc) is 2.54. The molecule has 5 heteroatoms. The second-order valence-electron chi connectivity index (χ2n) is 5.21.